The molecule has 3 aromatic carbocycles. The average molecular weight is 655 g/mol. The van der Waals surface area contributed by atoms with E-state index in [0.717, 1.165) is 39.2 Å². The Labute approximate surface area is 284 Å². The predicted octanol–water partition coefficient (Wildman–Crippen LogP) is 8.36. The van der Waals surface area contributed by atoms with Crippen molar-refractivity contribution in [1.82, 2.24) is 24.7 Å². The molecule has 7 rings (SSSR count). The van der Waals surface area contributed by atoms with Crippen LogP contribution in [-0.4, -0.2) is 37.9 Å². The van der Waals surface area contributed by atoms with Crippen molar-refractivity contribution in [3.8, 4) is 17.2 Å². The maximum atomic E-state index is 13.4. The number of amides is 2. The number of fused-ring (bicyclic) bond motifs is 1. The van der Waals surface area contributed by atoms with Gasteiger partial charge in [0.2, 0.25) is 0 Å². The molecule has 1 saturated carbocycles. The zero-order valence-corrected chi connectivity index (χ0v) is 27.9. The van der Waals surface area contributed by atoms with E-state index < -0.39 is 6.03 Å². The van der Waals surface area contributed by atoms with Crippen LogP contribution < -0.4 is 25.4 Å². The molecule has 1 fully saturated rings. The molecule has 0 aliphatic heterocycles. The third-order valence-electron chi connectivity index (χ3n) is 8.29. The number of benzene rings is 3. The van der Waals surface area contributed by atoms with Crippen LogP contribution in [0.1, 0.15) is 56.5 Å². The molecule has 3 aromatic heterocycles. The summed E-state index contributed by atoms with van der Waals surface area (Å²) in [5.74, 6) is 3.84. The van der Waals surface area contributed by atoms with Crippen molar-refractivity contribution >= 4 is 39.9 Å². The van der Waals surface area contributed by atoms with Gasteiger partial charge >= 0.3 is 6.03 Å². The van der Waals surface area contributed by atoms with E-state index in [-0.39, 0.29) is 5.41 Å². The highest BCUT2D eigenvalue weighted by Gasteiger charge is 2.25. The van der Waals surface area contributed by atoms with Crippen LogP contribution in [0, 0.1) is 0 Å². The molecule has 0 spiro atoms. The molecule has 0 radical (unpaired) electrons. The van der Waals surface area contributed by atoms with Crippen LogP contribution in [-0.2, 0) is 12.0 Å². The minimum Gasteiger partial charge on any atom is -0.497 e. The maximum absolute atomic E-state index is 13.4. The summed E-state index contributed by atoms with van der Waals surface area (Å²) in [5.41, 5.74) is 4.03. The van der Waals surface area contributed by atoms with Gasteiger partial charge in [0.05, 0.1) is 36.1 Å². The third kappa shape index (κ3) is 7.30. The highest BCUT2D eigenvalue weighted by molar-refractivity contribution is 6.07. The van der Waals surface area contributed by atoms with Crippen molar-refractivity contribution in [1.29, 1.82) is 0 Å². The van der Waals surface area contributed by atoms with Crippen LogP contribution in [0.15, 0.2) is 97.5 Å². The van der Waals surface area contributed by atoms with E-state index in [1.165, 1.54) is 12.8 Å². The van der Waals surface area contributed by atoms with Crippen LogP contribution in [0.4, 0.5) is 27.9 Å². The van der Waals surface area contributed by atoms with Crippen molar-refractivity contribution in [2.24, 2.45) is 0 Å². The molecule has 3 N–H and O–H groups in total. The van der Waals surface area contributed by atoms with E-state index in [9.17, 15) is 4.79 Å². The first kappa shape index (κ1) is 31.6. The zero-order chi connectivity index (χ0) is 34.0. The van der Waals surface area contributed by atoms with Crippen molar-refractivity contribution in [3.63, 3.8) is 0 Å². The van der Waals surface area contributed by atoms with E-state index in [1.807, 2.05) is 85.1 Å². The Morgan fingerprint density at radius 2 is 1.71 bits per heavy atom. The molecule has 0 saturated heterocycles. The molecule has 0 atom stereocenters. The lowest BCUT2D eigenvalue weighted by molar-refractivity contribution is 0.262. The fourth-order valence-corrected chi connectivity index (χ4v) is 5.47. The smallest absolute Gasteiger partial charge is 0.324 e. The van der Waals surface area contributed by atoms with Crippen LogP contribution in [0.5, 0.6) is 11.5 Å². The number of carbonyl (C=O) groups is 1. The summed E-state index contributed by atoms with van der Waals surface area (Å²) in [4.78, 5) is 26.9. The second kappa shape index (κ2) is 13.3. The fraction of sp³-hybridized carbons (Fsp3) is 0.237. The average Bonchev–Trinajstić information content (AvgIpc) is 3.87. The predicted molar refractivity (Wildman–Crippen MR) is 191 cm³/mol. The largest absolute Gasteiger partial charge is 0.497 e. The third-order valence-corrected chi connectivity index (χ3v) is 8.29. The zero-order valence-electron chi connectivity index (χ0n) is 27.9. The first-order valence-electron chi connectivity index (χ1n) is 16.2. The van der Waals surface area contributed by atoms with Gasteiger partial charge in [-0.2, -0.15) is 5.10 Å². The number of hydrogen-bond donors (Lipinski definition) is 3. The molecule has 248 valence electrons. The molecule has 2 amide bonds. The summed E-state index contributed by atoms with van der Waals surface area (Å²) in [6, 6.07) is 24.4. The lowest BCUT2D eigenvalue weighted by Crippen LogP contribution is -2.21. The molecular weight excluding hydrogens is 616 g/mol. The van der Waals surface area contributed by atoms with Gasteiger partial charge in [-0.1, -0.05) is 45.0 Å². The van der Waals surface area contributed by atoms with Gasteiger partial charge in [-0.25, -0.2) is 19.4 Å². The second-order valence-corrected chi connectivity index (χ2v) is 13.1. The van der Waals surface area contributed by atoms with Gasteiger partial charge in [0, 0.05) is 40.6 Å². The number of pyridine rings is 1. The van der Waals surface area contributed by atoms with Gasteiger partial charge in [0.1, 0.15) is 35.6 Å². The Balaban J connectivity index is 1.06. The number of urea groups is 1. The number of ether oxygens (including phenoxy) is 2. The minimum absolute atomic E-state index is 0.221. The Kier molecular flexibility index (Phi) is 8.56. The molecule has 1 aliphatic rings. The lowest BCUT2D eigenvalue weighted by Gasteiger charge is -2.15. The Hall–Kier alpha value is -5.97. The molecule has 11 nitrogen and oxygen atoms in total. The van der Waals surface area contributed by atoms with Crippen molar-refractivity contribution in [3.05, 3.63) is 114 Å². The molecule has 49 heavy (non-hydrogen) atoms. The maximum Gasteiger partial charge on any atom is 0.324 e. The van der Waals surface area contributed by atoms with Crippen LogP contribution in [0.25, 0.3) is 16.5 Å². The van der Waals surface area contributed by atoms with E-state index in [4.69, 9.17) is 14.6 Å². The number of hydrogen-bond acceptors (Lipinski definition) is 8. The summed E-state index contributed by atoms with van der Waals surface area (Å²) < 4.78 is 13.4. The van der Waals surface area contributed by atoms with Crippen molar-refractivity contribution in [2.75, 3.05) is 23.1 Å². The van der Waals surface area contributed by atoms with Crippen molar-refractivity contribution < 1.29 is 14.3 Å². The molecule has 0 bridgehead atoms. The summed E-state index contributed by atoms with van der Waals surface area (Å²) in [7, 11) is 1.63. The topological polar surface area (TPSA) is 128 Å². The molecular formula is C38H38N8O3. The lowest BCUT2D eigenvalue weighted by atomic mass is 9.92. The van der Waals surface area contributed by atoms with E-state index in [2.05, 4.69) is 51.7 Å². The first-order chi connectivity index (χ1) is 23.7. The van der Waals surface area contributed by atoms with E-state index >= 15 is 0 Å². The first-order valence-corrected chi connectivity index (χ1v) is 16.2. The number of nitrogens with zero attached hydrogens (tertiary/aromatic N) is 5. The normalized spacial score (nSPS) is 12.8. The number of anilines is 4. The van der Waals surface area contributed by atoms with Crippen LogP contribution in [0.2, 0.25) is 0 Å². The molecule has 11 heteroatoms. The van der Waals surface area contributed by atoms with Crippen molar-refractivity contribution in [2.45, 2.75) is 51.6 Å². The highest BCUT2D eigenvalue weighted by Crippen LogP contribution is 2.39. The van der Waals surface area contributed by atoms with Gasteiger partial charge in [-0.3, -0.25) is 10.3 Å². The van der Waals surface area contributed by atoms with Crippen LogP contribution >= 0.6 is 0 Å². The van der Waals surface area contributed by atoms with E-state index in [0.29, 0.717) is 41.4 Å². The van der Waals surface area contributed by atoms with Gasteiger partial charge < -0.3 is 20.1 Å². The highest BCUT2D eigenvalue weighted by atomic mass is 16.5. The molecule has 1 aliphatic carbocycles. The van der Waals surface area contributed by atoms with Gasteiger partial charge in [0.15, 0.2) is 0 Å². The summed E-state index contributed by atoms with van der Waals surface area (Å²) >= 11 is 0. The quantitative estimate of drug-likeness (QED) is 0.134. The molecule has 0 unspecified atom stereocenters. The van der Waals surface area contributed by atoms with Gasteiger partial charge in [-0.05, 0) is 66.9 Å². The number of carbonyl (C=O) groups excluding carboxylic acids is 1. The Morgan fingerprint density at radius 1 is 0.918 bits per heavy atom. The summed E-state index contributed by atoms with van der Waals surface area (Å²) in [6.07, 6.45) is 7.61. The second-order valence-electron chi connectivity index (χ2n) is 13.1. The Morgan fingerprint density at radius 3 is 2.47 bits per heavy atom. The SMILES string of the molecule is COc1ccc(-n2nc(C(C)(C)C)cc2NC(=O)Nc2ccc(OCc3ccnc(Nc4cncc(C5CC5)n4)c3)c3ccccc23)cc1. The molecule has 6 aromatic rings. The van der Waals surface area contributed by atoms with Gasteiger partial charge in [0.25, 0.3) is 0 Å². The monoisotopic (exact) mass is 654 g/mol. The van der Waals surface area contributed by atoms with Crippen LogP contribution in [0.3, 0.4) is 0 Å². The number of nitrogens with one attached hydrogen (secondary N) is 3. The molecule has 3 heterocycles. The van der Waals surface area contributed by atoms with E-state index in [1.54, 1.807) is 24.2 Å². The Bertz CT molecular complexity index is 2120. The number of methoxy groups -OCH3 is 1. The summed E-state index contributed by atoms with van der Waals surface area (Å²) in [6.45, 7) is 6.58. The fourth-order valence-electron chi connectivity index (χ4n) is 5.47. The number of aromatic nitrogens is 5. The standard InChI is InChI=1S/C38H38N8O3/c1-38(2,3)33-20-36(46(45-33)26-11-13-27(48-4)14-12-26)44-37(47)42-30-15-16-32(29-8-6-5-7-28(29)30)49-23-24-17-18-40-34(19-24)43-35-22-39-21-31(41-35)25-9-10-25/h5-8,11-22,25H,9-10,23H2,1-4H3,(H,40,41,43)(H2,42,44,47). The summed E-state index contributed by atoms with van der Waals surface area (Å²) in [5, 5.41) is 15.8. The number of rotatable bonds is 10. The van der Waals surface area contributed by atoms with Gasteiger partial charge in [-0.15, -0.1) is 0 Å². The minimum atomic E-state index is -0.391.